The van der Waals surface area contributed by atoms with E-state index >= 15 is 0 Å². The maximum Gasteiger partial charge on any atom is 0.169 e. The molecule has 1 aromatic carbocycles. The van der Waals surface area contributed by atoms with Crippen LogP contribution in [0.5, 0.6) is 5.75 Å². The minimum atomic E-state index is -0.0899. The van der Waals surface area contributed by atoms with E-state index in [4.69, 9.17) is 9.47 Å². The summed E-state index contributed by atoms with van der Waals surface area (Å²) >= 11 is 0. The van der Waals surface area contributed by atoms with E-state index in [0.717, 1.165) is 5.75 Å². The molecule has 4 nitrogen and oxygen atoms in total. The van der Waals surface area contributed by atoms with Gasteiger partial charge in [-0.15, -0.1) is 0 Å². The van der Waals surface area contributed by atoms with Gasteiger partial charge in [0, 0.05) is 11.6 Å². The Balaban J connectivity index is 2.08. The Morgan fingerprint density at radius 1 is 1.39 bits per heavy atom. The van der Waals surface area contributed by atoms with Crippen LogP contribution >= 0.6 is 0 Å². The van der Waals surface area contributed by atoms with Gasteiger partial charge in [-0.25, -0.2) is 0 Å². The van der Waals surface area contributed by atoms with Crippen molar-refractivity contribution in [2.75, 3.05) is 26.9 Å². The van der Waals surface area contributed by atoms with Crippen molar-refractivity contribution in [3.63, 3.8) is 0 Å². The highest BCUT2D eigenvalue weighted by Gasteiger charge is 2.33. The number of ketones is 1. The van der Waals surface area contributed by atoms with E-state index < -0.39 is 0 Å². The second-order valence-electron chi connectivity index (χ2n) is 4.36. The van der Waals surface area contributed by atoms with Gasteiger partial charge in [-0.1, -0.05) is 0 Å². The number of ether oxygens (including phenoxy) is 2. The summed E-state index contributed by atoms with van der Waals surface area (Å²) in [4.78, 5) is 12.3. The molecular formula is C14H19NO3. The summed E-state index contributed by atoms with van der Waals surface area (Å²) in [6.07, 6.45) is 0. The van der Waals surface area contributed by atoms with Gasteiger partial charge < -0.3 is 14.8 Å². The number of carbonyl (C=O) groups is 1. The van der Waals surface area contributed by atoms with E-state index in [1.54, 1.807) is 0 Å². The average molecular weight is 249 g/mol. The summed E-state index contributed by atoms with van der Waals surface area (Å²) in [5.41, 5.74) is 0.717. The number of Topliss-reactive ketones (excluding diaryl/α,β-unsaturated/α-hetero) is 1. The molecule has 1 fully saturated rings. The van der Waals surface area contributed by atoms with Gasteiger partial charge in [0.1, 0.15) is 5.75 Å². The molecule has 1 aliphatic rings. The van der Waals surface area contributed by atoms with Crippen LogP contribution in [0.1, 0.15) is 17.3 Å². The molecular weight excluding hydrogens is 230 g/mol. The van der Waals surface area contributed by atoms with Crippen molar-refractivity contribution in [2.24, 2.45) is 5.92 Å². The van der Waals surface area contributed by atoms with Crippen LogP contribution in [0.2, 0.25) is 0 Å². The highest BCUT2D eigenvalue weighted by Crippen LogP contribution is 2.21. The van der Waals surface area contributed by atoms with Crippen LogP contribution in [-0.4, -0.2) is 38.7 Å². The fourth-order valence-corrected chi connectivity index (χ4v) is 2.19. The molecule has 0 amide bonds. The van der Waals surface area contributed by atoms with Crippen molar-refractivity contribution in [1.29, 1.82) is 0 Å². The lowest BCUT2D eigenvalue weighted by molar-refractivity contribution is 0.0892. The highest BCUT2D eigenvalue weighted by atomic mass is 16.5. The molecule has 0 saturated carbocycles. The van der Waals surface area contributed by atoms with Gasteiger partial charge >= 0.3 is 0 Å². The third-order valence-corrected chi connectivity index (χ3v) is 3.24. The summed E-state index contributed by atoms with van der Waals surface area (Å²) in [5.74, 6) is 0.838. The SMILES string of the molecule is CCOc1ccc(C(=O)C2COCC2NC)cc1. The van der Waals surface area contributed by atoms with Crippen molar-refractivity contribution in [1.82, 2.24) is 5.32 Å². The molecule has 2 rings (SSSR count). The number of rotatable bonds is 5. The second-order valence-corrected chi connectivity index (χ2v) is 4.36. The lowest BCUT2D eigenvalue weighted by Crippen LogP contribution is -2.36. The molecule has 1 aromatic rings. The van der Waals surface area contributed by atoms with E-state index in [1.165, 1.54) is 0 Å². The van der Waals surface area contributed by atoms with Crippen LogP contribution < -0.4 is 10.1 Å². The minimum absolute atomic E-state index is 0.0899. The van der Waals surface area contributed by atoms with Gasteiger partial charge in [-0.2, -0.15) is 0 Å². The van der Waals surface area contributed by atoms with Gasteiger partial charge in [0.2, 0.25) is 0 Å². The Hall–Kier alpha value is -1.39. The Bertz CT molecular complexity index is 402. The molecule has 4 heteroatoms. The van der Waals surface area contributed by atoms with Crippen LogP contribution in [-0.2, 0) is 4.74 Å². The van der Waals surface area contributed by atoms with E-state index in [2.05, 4.69) is 5.32 Å². The lowest BCUT2D eigenvalue weighted by atomic mass is 9.93. The fourth-order valence-electron chi connectivity index (χ4n) is 2.19. The monoisotopic (exact) mass is 249 g/mol. The molecule has 1 N–H and O–H groups in total. The van der Waals surface area contributed by atoms with Crippen molar-refractivity contribution in [3.8, 4) is 5.75 Å². The number of nitrogens with one attached hydrogen (secondary N) is 1. The lowest BCUT2D eigenvalue weighted by Gasteiger charge is -2.15. The molecule has 0 aliphatic carbocycles. The number of likely N-dealkylation sites (N-methyl/N-ethyl adjacent to an activating group) is 1. The van der Waals surface area contributed by atoms with E-state index in [9.17, 15) is 4.79 Å². The predicted molar refractivity (Wildman–Crippen MR) is 69.1 cm³/mol. The van der Waals surface area contributed by atoms with E-state index in [1.807, 2.05) is 38.2 Å². The molecule has 0 radical (unpaired) electrons. The number of carbonyl (C=O) groups excluding carboxylic acids is 1. The van der Waals surface area contributed by atoms with Gasteiger partial charge in [-0.05, 0) is 38.2 Å². The third kappa shape index (κ3) is 2.71. The predicted octanol–water partition coefficient (Wildman–Crippen LogP) is 1.50. The van der Waals surface area contributed by atoms with Gasteiger partial charge in [0.25, 0.3) is 0 Å². The summed E-state index contributed by atoms with van der Waals surface area (Å²) < 4.78 is 10.7. The Morgan fingerprint density at radius 2 is 2.11 bits per heavy atom. The average Bonchev–Trinajstić information content (AvgIpc) is 2.87. The normalized spacial score (nSPS) is 23.0. The Labute approximate surface area is 107 Å². The van der Waals surface area contributed by atoms with Gasteiger partial charge in [-0.3, -0.25) is 4.79 Å². The number of hydrogen-bond acceptors (Lipinski definition) is 4. The molecule has 2 unspecified atom stereocenters. The first kappa shape index (κ1) is 13.1. The Kier molecular flexibility index (Phi) is 4.33. The minimum Gasteiger partial charge on any atom is -0.494 e. The van der Waals surface area contributed by atoms with Crippen LogP contribution in [0.15, 0.2) is 24.3 Å². The summed E-state index contributed by atoms with van der Waals surface area (Å²) in [5, 5.41) is 3.13. The molecule has 0 spiro atoms. The van der Waals surface area contributed by atoms with Crippen molar-refractivity contribution in [2.45, 2.75) is 13.0 Å². The molecule has 1 aliphatic heterocycles. The molecule has 2 atom stereocenters. The van der Waals surface area contributed by atoms with Crippen LogP contribution in [0.25, 0.3) is 0 Å². The molecule has 98 valence electrons. The van der Waals surface area contributed by atoms with Gasteiger partial charge in [0.05, 0.1) is 25.7 Å². The topological polar surface area (TPSA) is 47.6 Å². The smallest absolute Gasteiger partial charge is 0.169 e. The molecule has 0 aromatic heterocycles. The van der Waals surface area contributed by atoms with E-state index in [0.29, 0.717) is 25.4 Å². The maximum atomic E-state index is 12.3. The highest BCUT2D eigenvalue weighted by molar-refractivity contribution is 5.98. The zero-order valence-corrected chi connectivity index (χ0v) is 10.8. The summed E-state index contributed by atoms with van der Waals surface area (Å²) in [6, 6.07) is 7.42. The van der Waals surface area contributed by atoms with Gasteiger partial charge in [0.15, 0.2) is 5.78 Å². The summed E-state index contributed by atoms with van der Waals surface area (Å²) in [7, 11) is 1.86. The quantitative estimate of drug-likeness (QED) is 0.803. The Morgan fingerprint density at radius 3 is 2.72 bits per heavy atom. The van der Waals surface area contributed by atoms with Crippen LogP contribution in [0.4, 0.5) is 0 Å². The largest absolute Gasteiger partial charge is 0.494 e. The zero-order valence-electron chi connectivity index (χ0n) is 10.8. The number of benzene rings is 1. The first-order valence-electron chi connectivity index (χ1n) is 6.28. The van der Waals surface area contributed by atoms with Crippen molar-refractivity contribution < 1.29 is 14.3 Å². The first-order chi connectivity index (χ1) is 8.76. The summed E-state index contributed by atoms with van der Waals surface area (Å²) in [6.45, 7) is 3.67. The standard InChI is InChI=1S/C14H19NO3/c1-3-18-11-6-4-10(5-7-11)14(16)12-8-17-9-13(12)15-2/h4-7,12-13,15H,3,8-9H2,1-2H3. The van der Waals surface area contributed by atoms with Crippen LogP contribution in [0.3, 0.4) is 0 Å². The molecule has 18 heavy (non-hydrogen) atoms. The zero-order chi connectivity index (χ0) is 13.0. The maximum absolute atomic E-state index is 12.3. The molecule has 1 heterocycles. The van der Waals surface area contributed by atoms with E-state index in [-0.39, 0.29) is 17.7 Å². The second kappa shape index (κ2) is 5.98. The molecule has 0 bridgehead atoms. The van der Waals surface area contributed by atoms with Crippen molar-refractivity contribution in [3.05, 3.63) is 29.8 Å². The van der Waals surface area contributed by atoms with Crippen molar-refractivity contribution >= 4 is 5.78 Å². The van der Waals surface area contributed by atoms with Crippen LogP contribution in [0, 0.1) is 5.92 Å². The fraction of sp³-hybridized carbons (Fsp3) is 0.500. The number of hydrogen-bond donors (Lipinski definition) is 1. The first-order valence-corrected chi connectivity index (χ1v) is 6.28. The third-order valence-electron chi connectivity index (χ3n) is 3.24. The molecule has 1 saturated heterocycles.